The van der Waals surface area contributed by atoms with Gasteiger partial charge < -0.3 is 19.4 Å². The lowest BCUT2D eigenvalue weighted by Gasteiger charge is -2.38. The van der Waals surface area contributed by atoms with Gasteiger partial charge in [0.25, 0.3) is 0 Å². The van der Waals surface area contributed by atoms with Crippen LogP contribution in [0.25, 0.3) is 0 Å². The van der Waals surface area contributed by atoms with Crippen LogP contribution in [0.15, 0.2) is 10.4 Å². The third-order valence-corrected chi connectivity index (χ3v) is 7.95. The van der Waals surface area contributed by atoms with Crippen molar-refractivity contribution in [2.24, 2.45) is 10.9 Å². The lowest BCUT2D eigenvalue weighted by Crippen LogP contribution is -2.44. The molecule has 5 nitrogen and oxygen atoms in total. The van der Waals surface area contributed by atoms with Crippen LogP contribution in [-0.4, -0.2) is 74.3 Å². The predicted octanol–water partition coefficient (Wildman–Crippen LogP) is 4.63. The predicted molar refractivity (Wildman–Crippen MR) is 128 cm³/mol. The van der Waals surface area contributed by atoms with E-state index in [-0.39, 0.29) is 0 Å². The molecule has 0 spiro atoms. The SMILES string of the molecule is CC(C)c1csc2c1C(N1CCC(COCCN3CCCC3)CC1)=NCN2C(C)C. The zero-order valence-electron chi connectivity index (χ0n) is 19.4. The average Bonchev–Trinajstić information content (AvgIpc) is 3.41. The summed E-state index contributed by atoms with van der Waals surface area (Å²) in [5.74, 6) is 2.48. The number of aliphatic imine (C=N–C) groups is 1. The molecular weight excluding hydrogens is 392 g/mol. The number of ether oxygens (including phenoxy) is 1. The fraction of sp³-hybridized carbons (Fsp3) is 0.792. The van der Waals surface area contributed by atoms with Crippen LogP contribution in [0.2, 0.25) is 0 Å². The van der Waals surface area contributed by atoms with Crippen molar-refractivity contribution in [2.75, 3.05) is 57.5 Å². The maximum Gasteiger partial charge on any atom is 0.136 e. The van der Waals surface area contributed by atoms with Crippen LogP contribution in [0, 0.1) is 5.92 Å². The highest BCUT2D eigenvalue weighted by Crippen LogP contribution is 2.40. The molecule has 3 aliphatic heterocycles. The summed E-state index contributed by atoms with van der Waals surface area (Å²) >= 11 is 1.90. The maximum atomic E-state index is 6.06. The molecule has 2 saturated heterocycles. The van der Waals surface area contributed by atoms with Crippen molar-refractivity contribution in [3.8, 4) is 0 Å². The summed E-state index contributed by atoms with van der Waals surface area (Å²) < 4.78 is 6.06. The maximum absolute atomic E-state index is 6.06. The van der Waals surface area contributed by atoms with Gasteiger partial charge in [-0.2, -0.15) is 0 Å². The fourth-order valence-corrected chi connectivity index (χ4v) is 6.28. The highest BCUT2D eigenvalue weighted by molar-refractivity contribution is 7.14. The Morgan fingerprint density at radius 1 is 1.10 bits per heavy atom. The molecule has 0 N–H and O–H groups in total. The number of fused-ring (bicyclic) bond motifs is 1. The van der Waals surface area contributed by atoms with E-state index in [1.165, 1.54) is 60.7 Å². The van der Waals surface area contributed by atoms with Gasteiger partial charge in [-0.3, -0.25) is 0 Å². The van der Waals surface area contributed by atoms with E-state index in [0.717, 1.165) is 39.5 Å². The van der Waals surface area contributed by atoms with Gasteiger partial charge >= 0.3 is 0 Å². The van der Waals surface area contributed by atoms with Crippen LogP contribution < -0.4 is 4.90 Å². The normalized spacial score (nSPS) is 21.1. The molecule has 1 aromatic rings. The minimum absolute atomic E-state index is 0.483. The summed E-state index contributed by atoms with van der Waals surface area (Å²) in [7, 11) is 0. The van der Waals surface area contributed by atoms with Crippen LogP contribution in [-0.2, 0) is 4.74 Å². The molecule has 0 bridgehead atoms. The molecule has 0 unspecified atom stereocenters. The van der Waals surface area contributed by atoms with Gasteiger partial charge in [-0.1, -0.05) is 13.8 Å². The lowest BCUT2D eigenvalue weighted by molar-refractivity contribution is 0.0655. The van der Waals surface area contributed by atoms with Crippen molar-refractivity contribution in [3.05, 3.63) is 16.5 Å². The molecule has 1 aromatic heterocycles. The van der Waals surface area contributed by atoms with Crippen LogP contribution in [0.4, 0.5) is 5.00 Å². The summed E-state index contributed by atoms with van der Waals surface area (Å²) in [6.45, 7) is 17.6. The van der Waals surface area contributed by atoms with Crippen LogP contribution in [0.3, 0.4) is 0 Å². The first-order valence-electron chi connectivity index (χ1n) is 12.0. The van der Waals surface area contributed by atoms with Gasteiger partial charge in [0.05, 0.1) is 12.2 Å². The number of likely N-dealkylation sites (tertiary alicyclic amines) is 2. The topological polar surface area (TPSA) is 31.3 Å². The van der Waals surface area contributed by atoms with Gasteiger partial charge in [0.2, 0.25) is 0 Å². The van der Waals surface area contributed by atoms with Gasteiger partial charge in [0.1, 0.15) is 17.5 Å². The van der Waals surface area contributed by atoms with E-state index < -0.39 is 0 Å². The minimum atomic E-state index is 0.483. The Bertz CT molecular complexity index is 715. The second-order valence-corrected chi connectivity index (χ2v) is 10.6. The Labute approximate surface area is 187 Å². The second-order valence-electron chi connectivity index (χ2n) is 9.77. The summed E-state index contributed by atoms with van der Waals surface area (Å²) in [4.78, 5) is 12.6. The van der Waals surface area contributed by atoms with Crippen molar-refractivity contribution in [1.82, 2.24) is 9.80 Å². The van der Waals surface area contributed by atoms with Crippen molar-refractivity contribution in [3.63, 3.8) is 0 Å². The fourth-order valence-electron chi connectivity index (χ4n) is 4.93. The summed E-state index contributed by atoms with van der Waals surface area (Å²) in [5, 5.41) is 3.79. The van der Waals surface area contributed by atoms with Gasteiger partial charge in [-0.15, -0.1) is 11.3 Å². The highest BCUT2D eigenvalue weighted by Gasteiger charge is 2.32. The smallest absolute Gasteiger partial charge is 0.136 e. The Kier molecular flexibility index (Phi) is 7.37. The van der Waals surface area contributed by atoms with Crippen molar-refractivity contribution < 1.29 is 4.74 Å². The highest BCUT2D eigenvalue weighted by atomic mass is 32.1. The zero-order valence-corrected chi connectivity index (χ0v) is 20.2. The Morgan fingerprint density at radius 3 is 2.50 bits per heavy atom. The molecular formula is C24H40N4OS. The first-order valence-corrected chi connectivity index (χ1v) is 12.9. The summed E-state index contributed by atoms with van der Waals surface area (Å²) in [6.07, 6.45) is 5.16. The van der Waals surface area contributed by atoms with Gasteiger partial charge in [-0.05, 0) is 75.4 Å². The molecule has 0 aliphatic carbocycles. The number of nitrogens with zero attached hydrogens (tertiary/aromatic N) is 4. The third-order valence-electron chi connectivity index (χ3n) is 6.92. The molecule has 6 heteroatoms. The van der Waals surface area contributed by atoms with Crippen molar-refractivity contribution in [1.29, 1.82) is 0 Å². The van der Waals surface area contributed by atoms with Gasteiger partial charge in [0, 0.05) is 32.3 Å². The van der Waals surface area contributed by atoms with E-state index in [2.05, 4.69) is 47.8 Å². The van der Waals surface area contributed by atoms with Crippen LogP contribution >= 0.6 is 11.3 Å². The van der Waals surface area contributed by atoms with Crippen molar-refractivity contribution in [2.45, 2.75) is 65.3 Å². The third kappa shape index (κ3) is 4.86. The number of hydrogen-bond donors (Lipinski definition) is 0. The molecule has 0 atom stereocenters. The van der Waals surface area contributed by atoms with Gasteiger partial charge in [-0.25, -0.2) is 4.99 Å². The van der Waals surface area contributed by atoms with E-state index in [4.69, 9.17) is 9.73 Å². The Balaban J connectivity index is 1.32. The molecule has 0 aromatic carbocycles. The molecule has 2 fully saturated rings. The average molecular weight is 433 g/mol. The molecule has 3 aliphatic rings. The second kappa shape index (κ2) is 10.0. The van der Waals surface area contributed by atoms with E-state index in [9.17, 15) is 0 Å². The molecule has 4 heterocycles. The van der Waals surface area contributed by atoms with Crippen molar-refractivity contribution >= 4 is 22.2 Å². The number of thiophene rings is 1. The summed E-state index contributed by atoms with van der Waals surface area (Å²) in [5.41, 5.74) is 2.88. The molecule has 0 amide bonds. The van der Waals surface area contributed by atoms with Crippen LogP contribution in [0.5, 0.6) is 0 Å². The zero-order chi connectivity index (χ0) is 21.1. The number of rotatable bonds is 7. The molecule has 0 saturated carbocycles. The lowest BCUT2D eigenvalue weighted by atomic mass is 9.95. The van der Waals surface area contributed by atoms with E-state index in [1.54, 1.807) is 0 Å². The standard InChI is InChI=1S/C24H40N4OS/c1-18(2)21-16-30-24-22(21)23(25-17-28(24)19(3)4)27-11-7-20(8-12-27)15-29-14-13-26-9-5-6-10-26/h16,18-20H,5-15,17H2,1-4H3. The number of hydrogen-bond acceptors (Lipinski definition) is 6. The van der Waals surface area contributed by atoms with E-state index in [0.29, 0.717) is 17.9 Å². The molecule has 168 valence electrons. The molecule has 4 rings (SSSR count). The Hall–Kier alpha value is -1.11. The first kappa shape index (κ1) is 22.1. The number of anilines is 1. The largest absolute Gasteiger partial charge is 0.380 e. The van der Waals surface area contributed by atoms with E-state index >= 15 is 0 Å². The first-order chi connectivity index (χ1) is 14.5. The van der Waals surface area contributed by atoms with Crippen LogP contribution in [0.1, 0.15) is 70.4 Å². The summed E-state index contributed by atoms with van der Waals surface area (Å²) in [6, 6.07) is 0.483. The Morgan fingerprint density at radius 2 is 1.83 bits per heavy atom. The quantitative estimate of drug-likeness (QED) is 0.588. The molecule has 0 radical (unpaired) electrons. The number of piperidine rings is 1. The minimum Gasteiger partial charge on any atom is -0.380 e. The van der Waals surface area contributed by atoms with E-state index in [1.807, 2.05) is 11.3 Å². The molecule has 30 heavy (non-hydrogen) atoms. The number of amidine groups is 1. The monoisotopic (exact) mass is 432 g/mol. The van der Waals surface area contributed by atoms with Gasteiger partial charge in [0.15, 0.2) is 0 Å².